The number of benzene rings is 3. The Morgan fingerprint density at radius 3 is 1.93 bits per heavy atom. The highest BCUT2D eigenvalue weighted by atomic mass is 16.7. The van der Waals surface area contributed by atoms with Crippen LogP contribution in [0.3, 0.4) is 0 Å². The van der Waals surface area contributed by atoms with Crippen LogP contribution in [0.1, 0.15) is 28.8 Å². The largest absolute Gasteiger partial charge is 0.382 e. The predicted molar refractivity (Wildman–Crippen MR) is 161 cm³/mol. The number of ether oxygens (including phenoxy) is 4. The Bertz CT molecular complexity index is 1740. The first kappa shape index (κ1) is 27.3. The van der Waals surface area contributed by atoms with E-state index in [1.165, 1.54) is 6.33 Å². The summed E-state index contributed by atoms with van der Waals surface area (Å²) in [6.07, 6.45) is 6.96. The number of hydrogen-bond acceptors (Lipinski definition) is 7. The van der Waals surface area contributed by atoms with E-state index in [0.717, 1.165) is 16.7 Å². The fourth-order valence-electron chi connectivity index (χ4n) is 6.07. The molecule has 5 aromatic rings. The zero-order chi connectivity index (χ0) is 29.3. The van der Waals surface area contributed by atoms with Gasteiger partial charge in [-0.25, -0.2) is 9.50 Å². The van der Waals surface area contributed by atoms with E-state index in [-0.39, 0.29) is 6.10 Å². The Hall–Kier alpha value is -4.52. The van der Waals surface area contributed by atoms with E-state index in [1.54, 1.807) is 4.52 Å². The van der Waals surface area contributed by atoms with Crippen LogP contribution in [-0.4, -0.2) is 38.5 Å². The summed E-state index contributed by atoms with van der Waals surface area (Å²) < 4.78 is 28.7. The van der Waals surface area contributed by atoms with Gasteiger partial charge in [-0.2, -0.15) is 5.10 Å². The van der Waals surface area contributed by atoms with Gasteiger partial charge in [0.25, 0.3) is 0 Å². The second kappa shape index (κ2) is 11.3. The summed E-state index contributed by atoms with van der Waals surface area (Å²) in [6.45, 7) is 1.12. The Balaban J connectivity index is 1.29. The van der Waals surface area contributed by atoms with Crippen molar-refractivity contribution < 1.29 is 18.9 Å². The zero-order valence-electron chi connectivity index (χ0n) is 23.6. The second-order valence-corrected chi connectivity index (χ2v) is 11.0. The molecule has 5 atom stereocenters. The van der Waals surface area contributed by atoms with Gasteiger partial charge in [0.05, 0.1) is 31.6 Å². The average Bonchev–Trinajstić information content (AvgIpc) is 3.42. The van der Waals surface area contributed by atoms with Crippen LogP contribution in [0.4, 0.5) is 5.82 Å². The molecule has 3 heterocycles. The lowest BCUT2D eigenvalue weighted by atomic mass is 9.90. The maximum atomic E-state index is 7.06. The predicted octanol–water partition coefficient (Wildman–Crippen LogP) is 5.07. The highest BCUT2D eigenvalue weighted by molar-refractivity contribution is 5.66. The SMILES string of the molecule is C#C[C@@]1(c2ccc3c(N)ncnn23)OC2(C[C@H]2OCc2ccccc2)[C@@H](OCc2ccccc2)[C@H]1OCc1ccccc1. The van der Waals surface area contributed by atoms with E-state index in [4.69, 9.17) is 31.1 Å². The molecule has 1 aliphatic heterocycles. The van der Waals surface area contributed by atoms with Crippen molar-refractivity contribution in [3.63, 3.8) is 0 Å². The summed E-state index contributed by atoms with van der Waals surface area (Å²) in [5.74, 6) is 3.33. The first-order valence-electron chi connectivity index (χ1n) is 14.4. The molecular formula is C35H32N4O4. The van der Waals surface area contributed by atoms with Gasteiger partial charge < -0.3 is 24.7 Å². The Labute approximate surface area is 250 Å². The molecule has 43 heavy (non-hydrogen) atoms. The fraction of sp³-hybridized carbons (Fsp3) is 0.257. The van der Waals surface area contributed by atoms with Gasteiger partial charge in [0.15, 0.2) is 11.4 Å². The minimum Gasteiger partial charge on any atom is -0.382 e. The van der Waals surface area contributed by atoms with Gasteiger partial charge in [-0.05, 0) is 28.8 Å². The maximum Gasteiger partial charge on any atom is 0.200 e. The molecule has 216 valence electrons. The maximum absolute atomic E-state index is 7.06. The zero-order valence-corrected chi connectivity index (χ0v) is 23.6. The smallest absolute Gasteiger partial charge is 0.200 e. The summed E-state index contributed by atoms with van der Waals surface area (Å²) in [5, 5.41) is 4.50. The van der Waals surface area contributed by atoms with E-state index >= 15 is 0 Å². The minimum atomic E-state index is -1.35. The van der Waals surface area contributed by atoms with Crippen LogP contribution < -0.4 is 5.73 Å². The van der Waals surface area contributed by atoms with Crippen LogP contribution in [0.15, 0.2) is 109 Å². The van der Waals surface area contributed by atoms with Crippen LogP contribution in [0.5, 0.6) is 0 Å². The third-order valence-electron chi connectivity index (χ3n) is 8.31. The van der Waals surface area contributed by atoms with Crippen molar-refractivity contribution in [3.05, 3.63) is 132 Å². The van der Waals surface area contributed by atoms with Crippen LogP contribution in [0.2, 0.25) is 0 Å². The molecule has 1 saturated carbocycles. The highest BCUT2D eigenvalue weighted by Gasteiger charge is 2.76. The number of aromatic nitrogens is 3. The van der Waals surface area contributed by atoms with Gasteiger partial charge in [-0.1, -0.05) is 96.9 Å². The summed E-state index contributed by atoms with van der Waals surface area (Å²) in [4.78, 5) is 4.15. The molecule has 0 amide bonds. The molecular weight excluding hydrogens is 540 g/mol. The monoisotopic (exact) mass is 572 g/mol. The molecule has 2 aliphatic rings. The van der Waals surface area contributed by atoms with Gasteiger partial charge in [-0.15, -0.1) is 6.42 Å². The topological polar surface area (TPSA) is 93.1 Å². The first-order valence-corrected chi connectivity index (χ1v) is 14.4. The standard InChI is InChI=1S/C35H32N4O4/c1-2-34(29-19-18-28-33(36)37-24-38-39(28)29)31(41-22-26-14-8-4-9-15-26)32(42-23-27-16-10-5-11-17-27)35(43-34)20-30(35)40-21-25-12-6-3-7-13-25/h1,3-19,24,30-32H,20-23H2,(H2,36,37,38)/t30-,31-,32+,34+,35?/m1/s1. The number of rotatable bonds is 10. The third kappa shape index (κ3) is 4.97. The lowest BCUT2D eigenvalue weighted by molar-refractivity contribution is -0.0971. The summed E-state index contributed by atoms with van der Waals surface area (Å²) >= 11 is 0. The van der Waals surface area contributed by atoms with Gasteiger partial charge in [0.2, 0.25) is 0 Å². The van der Waals surface area contributed by atoms with Gasteiger partial charge >= 0.3 is 0 Å². The summed E-state index contributed by atoms with van der Waals surface area (Å²) in [7, 11) is 0. The van der Waals surface area contributed by atoms with E-state index in [0.29, 0.717) is 43.3 Å². The van der Waals surface area contributed by atoms with Crippen molar-refractivity contribution >= 4 is 11.3 Å². The van der Waals surface area contributed by atoms with E-state index in [2.05, 4.69) is 16.0 Å². The molecule has 1 spiro atoms. The number of nitrogens with zero attached hydrogens (tertiary/aromatic N) is 3. The molecule has 1 unspecified atom stereocenters. The van der Waals surface area contributed by atoms with Crippen molar-refractivity contribution in [1.82, 2.24) is 14.6 Å². The van der Waals surface area contributed by atoms with Gasteiger partial charge in [0.1, 0.15) is 29.7 Å². The molecule has 1 aliphatic carbocycles. The van der Waals surface area contributed by atoms with Crippen LogP contribution in [-0.2, 0) is 44.4 Å². The van der Waals surface area contributed by atoms with Crippen LogP contribution in [0, 0.1) is 12.3 Å². The van der Waals surface area contributed by atoms with Crippen LogP contribution >= 0.6 is 0 Å². The molecule has 8 heteroatoms. The van der Waals surface area contributed by atoms with Crippen molar-refractivity contribution in [2.24, 2.45) is 0 Å². The lowest BCUT2D eigenvalue weighted by Gasteiger charge is -2.31. The summed E-state index contributed by atoms with van der Waals surface area (Å²) in [6, 6.07) is 33.8. The molecule has 3 aromatic carbocycles. The Morgan fingerprint density at radius 2 is 1.35 bits per heavy atom. The quantitative estimate of drug-likeness (QED) is 0.234. The molecule has 1 saturated heterocycles. The second-order valence-electron chi connectivity index (χ2n) is 11.0. The Morgan fingerprint density at radius 1 is 0.791 bits per heavy atom. The van der Waals surface area contributed by atoms with Crippen molar-refractivity contribution in [2.75, 3.05) is 5.73 Å². The number of terminal acetylenes is 1. The number of nitrogens with two attached hydrogens (primary N) is 1. The number of nitrogen functional groups attached to an aromatic ring is 1. The molecule has 0 radical (unpaired) electrons. The normalized spacial score (nSPS) is 26.1. The summed E-state index contributed by atoms with van der Waals surface area (Å²) in [5.41, 5.74) is 8.39. The molecule has 2 aromatic heterocycles. The number of hydrogen-bond donors (Lipinski definition) is 1. The molecule has 0 bridgehead atoms. The van der Waals surface area contributed by atoms with E-state index in [9.17, 15) is 0 Å². The van der Waals surface area contributed by atoms with Crippen LogP contribution in [0.25, 0.3) is 5.52 Å². The molecule has 8 nitrogen and oxygen atoms in total. The van der Waals surface area contributed by atoms with Crippen molar-refractivity contribution in [3.8, 4) is 12.3 Å². The molecule has 2 fully saturated rings. The number of fused-ring (bicyclic) bond motifs is 1. The number of anilines is 1. The minimum absolute atomic E-state index is 0.252. The van der Waals surface area contributed by atoms with E-state index in [1.807, 2.05) is 103 Å². The average molecular weight is 573 g/mol. The lowest BCUT2D eigenvalue weighted by Crippen LogP contribution is -2.44. The Kier molecular flexibility index (Phi) is 7.17. The molecule has 2 N–H and O–H groups in total. The first-order chi connectivity index (χ1) is 21.1. The highest BCUT2D eigenvalue weighted by Crippen LogP contribution is 2.60. The van der Waals surface area contributed by atoms with Gasteiger partial charge in [0, 0.05) is 6.42 Å². The van der Waals surface area contributed by atoms with Gasteiger partial charge in [-0.3, -0.25) is 0 Å². The fourth-order valence-corrected chi connectivity index (χ4v) is 6.07. The molecule has 7 rings (SSSR count). The van der Waals surface area contributed by atoms with E-state index < -0.39 is 23.4 Å². The third-order valence-corrected chi connectivity index (χ3v) is 8.31. The van der Waals surface area contributed by atoms with Crippen molar-refractivity contribution in [1.29, 1.82) is 0 Å². The van der Waals surface area contributed by atoms with Crippen molar-refractivity contribution in [2.45, 2.75) is 55.8 Å².